The molecule has 0 atom stereocenters. The first-order chi connectivity index (χ1) is 21.3. The van der Waals surface area contributed by atoms with Crippen LogP contribution in [0.15, 0.2) is 0 Å². The van der Waals surface area contributed by atoms with Crippen LogP contribution in [0.25, 0.3) is 0 Å². The first-order valence-electron chi connectivity index (χ1n) is 11.8. The Morgan fingerprint density at radius 1 is 0.480 bits per heavy atom. The Balaban J connectivity index is 6.91. The molecule has 5 nitrogen and oxygen atoms in total. The number of carboxylic acid groups (broad SMARTS) is 1. The highest BCUT2D eigenvalue weighted by Crippen LogP contribution is 2.67. The zero-order chi connectivity index (χ0) is 41.2. The van der Waals surface area contributed by atoms with Gasteiger partial charge in [0, 0.05) is 13.0 Å². The third kappa shape index (κ3) is 6.64. The molecule has 0 aliphatic carbocycles. The smallest absolute Gasteiger partial charge is 0.460 e. The van der Waals surface area contributed by atoms with Crippen molar-refractivity contribution in [2.45, 2.75) is 77.7 Å². The highest BCUT2D eigenvalue weighted by Gasteiger charge is 2.99. The highest BCUT2D eigenvalue weighted by molar-refractivity contribution is 5.84. The molecule has 0 fully saturated rings. The fourth-order valence-corrected chi connectivity index (χ4v) is 3.36. The van der Waals surface area contributed by atoms with Crippen LogP contribution < -0.4 is 5.32 Å². The van der Waals surface area contributed by atoms with Crippen molar-refractivity contribution in [3.63, 3.8) is 0 Å². The van der Waals surface area contributed by atoms with E-state index in [1.165, 1.54) is 0 Å². The van der Waals surface area contributed by atoms with Crippen LogP contribution in [0.4, 0.5) is 110 Å². The maximum absolute atomic E-state index is 14.0. The number of halogens is 25. The first kappa shape index (κ1) is 47.1. The zero-order valence-corrected chi connectivity index (χ0v) is 23.5. The van der Waals surface area contributed by atoms with E-state index in [1.54, 1.807) is 0 Å². The lowest BCUT2D eigenvalue weighted by Gasteiger charge is -2.45. The predicted molar refractivity (Wildman–Crippen MR) is 108 cm³/mol. The number of alkyl halides is 25. The van der Waals surface area contributed by atoms with E-state index in [1.807, 2.05) is 0 Å². The average molecular weight is 807 g/mol. The van der Waals surface area contributed by atoms with E-state index in [9.17, 15) is 119 Å². The molecule has 0 aromatic carbocycles. The van der Waals surface area contributed by atoms with Crippen LogP contribution in [-0.4, -0.2) is 127 Å². The van der Waals surface area contributed by atoms with E-state index in [2.05, 4.69) is 0 Å². The molecule has 0 aliphatic rings. The van der Waals surface area contributed by atoms with Crippen molar-refractivity contribution < 1.29 is 129 Å². The molecule has 0 bridgehead atoms. The highest BCUT2D eigenvalue weighted by atomic mass is 19.4. The Bertz CT molecular complexity index is 1260. The van der Waals surface area contributed by atoms with Gasteiger partial charge < -0.3 is 14.9 Å². The number of rotatable bonds is 17. The van der Waals surface area contributed by atoms with Crippen molar-refractivity contribution in [1.29, 1.82) is 0 Å². The molecule has 2 N–H and O–H groups in total. The molecule has 0 rings (SSSR count). The average Bonchev–Trinajstić information content (AvgIpc) is 2.88. The Morgan fingerprint density at radius 3 is 1.00 bits per heavy atom. The van der Waals surface area contributed by atoms with Crippen LogP contribution in [0.3, 0.4) is 0 Å². The van der Waals surface area contributed by atoms with Crippen molar-refractivity contribution in [1.82, 2.24) is 5.32 Å². The van der Waals surface area contributed by atoms with E-state index in [-0.39, 0.29) is 0 Å². The number of carbonyl (C=O) groups is 2. The molecule has 1 amide bonds. The van der Waals surface area contributed by atoms with Crippen LogP contribution >= 0.6 is 0 Å². The molecule has 0 aromatic rings. The number of nitrogens with zero attached hydrogens (tertiary/aromatic N) is 1. The Kier molecular flexibility index (Phi) is 12.0. The molecule has 298 valence electrons. The summed E-state index contributed by atoms with van der Waals surface area (Å²) in [6.45, 7) is -2.72. The van der Waals surface area contributed by atoms with E-state index < -0.39 is 114 Å². The predicted octanol–water partition coefficient (Wildman–Crippen LogP) is 7.20. The van der Waals surface area contributed by atoms with E-state index in [0.29, 0.717) is 5.32 Å². The number of hydrogen-bond acceptors (Lipinski definition) is 2. The normalized spacial score (nSPS) is 16.1. The topological polar surface area (TPSA) is 66.4 Å². The van der Waals surface area contributed by atoms with Gasteiger partial charge in [-0.2, -0.15) is 110 Å². The van der Waals surface area contributed by atoms with Gasteiger partial charge in [0.15, 0.2) is 6.54 Å². The number of amides is 1. The maximum atomic E-state index is 14.0. The van der Waals surface area contributed by atoms with Gasteiger partial charge in [0.1, 0.15) is 0 Å². The second kappa shape index (κ2) is 12.7. The van der Waals surface area contributed by atoms with Gasteiger partial charge in [-0.1, -0.05) is 0 Å². The number of carboxylic acids is 1. The minimum absolute atomic E-state index is 0.526. The molecule has 0 aromatic heterocycles. The van der Waals surface area contributed by atoms with Crippen LogP contribution in [-0.2, 0) is 9.59 Å². The van der Waals surface area contributed by atoms with Crippen molar-refractivity contribution in [3.05, 3.63) is 0 Å². The number of aliphatic carboxylic acids is 1. The van der Waals surface area contributed by atoms with Crippen molar-refractivity contribution >= 4 is 11.9 Å². The summed E-state index contributed by atoms with van der Waals surface area (Å²) in [7, 11) is 2.17. The second-order valence-electron chi connectivity index (χ2n) is 10.6. The fraction of sp³-hybridized carbons (Fsp3) is 0.900. The lowest BCUT2D eigenvalue weighted by atomic mass is 9.84. The molecule has 0 aliphatic heterocycles. The number of nitrogens with one attached hydrogen (secondary N) is 1. The molecule has 50 heavy (non-hydrogen) atoms. The molecular weight excluding hydrogens is 791 g/mol. The Labute approximate surface area is 258 Å². The summed E-state index contributed by atoms with van der Waals surface area (Å²) < 4.78 is 337. The molecule has 30 heteroatoms. The second-order valence-corrected chi connectivity index (χ2v) is 10.6. The molecular formula is C20H16F25N2O3+. The van der Waals surface area contributed by atoms with Crippen LogP contribution in [0, 0.1) is 0 Å². The van der Waals surface area contributed by atoms with E-state index in [0.717, 1.165) is 14.1 Å². The largest absolute Gasteiger partial charge is 0.477 e. The number of likely N-dealkylation sites (N-methyl/N-ethyl adjacent to an activating group) is 1. The molecule has 0 unspecified atom stereocenters. The van der Waals surface area contributed by atoms with Gasteiger partial charge in [0.25, 0.3) is 5.91 Å². The summed E-state index contributed by atoms with van der Waals surface area (Å²) in [5.74, 6) is -106. The molecule has 0 radical (unpaired) electrons. The van der Waals surface area contributed by atoms with E-state index in [4.69, 9.17) is 5.11 Å². The summed E-state index contributed by atoms with van der Waals surface area (Å²) in [5, 5.41) is 9.23. The van der Waals surface area contributed by atoms with Gasteiger partial charge >= 0.3 is 77.3 Å². The first-order valence-corrected chi connectivity index (χ1v) is 11.8. The van der Waals surface area contributed by atoms with Gasteiger partial charge in [-0.25, -0.2) is 4.79 Å². The molecule has 0 saturated heterocycles. The standard InChI is InChI=1S/C20H15F25N2O3/c1-47(2,6-7(48)49)5-3-4-46-8(50)9(21,22)10(23,24)11(25,26)12(27,28)13(29,30)14(31,32)15(33,34)16(35,36)17(37,38)18(39,40)19(41,42)20(43,44)45/h3-6H2,1-2H3,(H-,46,48,49,50)/p+1. The quantitative estimate of drug-likeness (QED) is 0.0929. The van der Waals surface area contributed by atoms with Crippen LogP contribution in [0.5, 0.6) is 0 Å². The van der Waals surface area contributed by atoms with Gasteiger partial charge in [-0.05, 0) is 0 Å². The lowest BCUT2D eigenvalue weighted by Crippen LogP contribution is -2.78. The van der Waals surface area contributed by atoms with Crippen LogP contribution in [0.1, 0.15) is 6.42 Å². The fourth-order valence-electron chi connectivity index (χ4n) is 3.36. The lowest BCUT2D eigenvalue weighted by molar-refractivity contribution is -0.883. The van der Waals surface area contributed by atoms with Gasteiger partial charge in [-0.3, -0.25) is 4.79 Å². The summed E-state index contributed by atoms with van der Waals surface area (Å²) in [5.41, 5.74) is 0. The minimum Gasteiger partial charge on any atom is -0.477 e. The summed E-state index contributed by atoms with van der Waals surface area (Å²) >= 11 is 0. The summed E-state index contributed by atoms with van der Waals surface area (Å²) in [6, 6.07) is 0. The van der Waals surface area contributed by atoms with Gasteiger partial charge in [-0.15, -0.1) is 0 Å². The monoisotopic (exact) mass is 807 g/mol. The number of hydrogen-bond donors (Lipinski definition) is 2. The third-order valence-electron chi connectivity index (χ3n) is 6.37. The van der Waals surface area contributed by atoms with Crippen LogP contribution in [0.2, 0.25) is 0 Å². The molecule has 0 saturated carbocycles. The number of quaternary nitrogens is 1. The maximum Gasteiger partial charge on any atom is 0.460 e. The SMILES string of the molecule is C[N+](C)(CCCNC(=O)C(F)(F)C(F)(F)C(F)(F)C(F)(F)C(F)(F)C(F)(F)C(F)(F)C(F)(F)C(F)(F)C(F)(F)C(F)(F)C(F)(F)F)CC(=O)O. The molecule has 0 spiro atoms. The van der Waals surface area contributed by atoms with E-state index >= 15 is 0 Å². The molecule has 0 heterocycles. The van der Waals surface area contributed by atoms with Crippen molar-refractivity contribution in [2.24, 2.45) is 0 Å². The Hall–Kier alpha value is -2.85. The third-order valence-corrected chi connectivity index (χ3v) is 6.37. The van der Waals surface area contributed by atoms with Gasteiger partial charge in [0.05, 0.1) is 20.6 Å². The Morgan fingerprint density at radius 2 is 0.740 bits per heavy atom. The van der Waals surface area contributed by atoms with Gasteiger partial charge in [0.2, 0.25) is 0 Å². The zero-order valence-electron chi connectivity index (χ0n) is 23.5. The minimum atomic E-state index is -9.70. The number of carbonyl (C=O) groups excluding carboxylic acids is 1. The van der Waals surface area contributed by atoms with Crippen molar-refractivity contribution in [2.75, 3.05) is 33.7 Å². The summed E-state index contributed by atoms with van der Waals surface area (Å²) in [6.07, 6.45) is -9.00. The van der Waals surface area contributed by atoms with Crippen molar-refractivity contribution in [3.8, 4) is 0 Å². The summed E-state index contributed by atoms with van der Waals surface area (Å²) in [4.78, 5) is 22.1.